The molecule has 1 N–H and O–H groups in total. The topological polar surface area (TPSA) is 35.6 Å². The Kier molecular flexibility index (Phi) is 8.25. The standard InChI is InChI=1S/C22H41N3O/c1-2-13-24-15-11-19(12-16-24)17-22(26)23-20-8-7-14-25(18-20)21-9-5-3-4-6-10-21/h19-21H,2-18H2,1H3,(H,23,26)/t20-/m0/s1. The summed E-state index contributed by atoms with van der Waals surface area (Å²) in [5.41, 5.74) is 0. The summed E-state index contributed by atoms with van der Waals surface area (Å²) in [4.78, 5) is 17.8. The molecule has 1 saturated carbocycles. The minimum Gasteiger partial charge on any atom is -0.352 e. The molecule has 3 rings (SSSR count). The van der Waals surface area contributed by atoms with Gasteiger partial charge < -0.3 is 10.2 Å². The number of carbonyl (C=O) groups excluding carboxylic acids is 1. The van der Waals surface area contributed by atoms with Crippen molar-refractivity contribution < 1.29 is 4.79 Å². The Morgan fingerprint density at radius 1 is 0.923 bits per heavy atom. The van der Waals surface area contributed by atoms with Crippen molar-refractivity contribution in [2.75, 3.05) is 32.7 Å². The molecule has 1 amide bonds. The van der Waals surface area contributed by atoms with Gasteiger partial charge in [-0.3, -0.25) is 9.69 Å². The molecule has 0 unspecified atom stereocenters. The highest BCUT2D eigenvalue weighted by atomic mass is 16.1. The van der Waals surface area contributed by atoms with Crippen molar-refractivity contribution in [1.82, 2.24) is 15.1 Å². The summed E-state index contributed by atoms with van der Waals surface area (Å²) in [6, 6.07) is 1.17. The average molecular weight is 364 g/mol. The molecule has 4 heteroatoms. The van der Waals surface area contributed by atoms with E-state index < -0.39 is 0 Å². The SMILES string of the molecule is CCCN1CCC(CC(=O)N[C@H]2CCCN(C3CCCCCC3)C2)CC1. The lowest BCUT2D eigenvalue weighted by Gasteiger charge is -2.38. The largest absolute Gasteiger partial charge is 0.352 e. The molecule has 26 heavy (non-hydrogen) atoms. The summed E-state index contributed by atoms with van der Waals surface area (Å²) in [5, 5.41) is 3.39. The van der Waals surface area contributed by atoms with Crippen LogP contribution >= 0.6 is 0 Å². The summed E-state index contributed by atoms with van der Waals surface area (Å²) < 4.78 is 0. The van der Waals surface area contributed by atoms with Crippen molar-refractivity contribution in [2.45, 2.75) is 96.1 Å². The minimum absolute atomic E-state index is 0.312. The van der Waals surface area contributed by atoms with Gasteiger partial charge in [0.15, 0.2) is 0 Å². The predicted molar refractivity (Wildman–Crippen MR) is 108 cm³/mol. The van der Waals surface area contributed by atoms with E-state index in [0.717, 1.165) is 19.0 Å². The summed E-state index contributed by atoms with van der Waals surface area (Å²) >= 11 is 0. The van der Waals surface area contributed by atoms with Crippen LogP contribution in [-0.4, -0.2) is 60.5 Å². The van der Waals surface area contributed by atoms with Crippen molar-refractivity contribution >= 4 is 5.91 Å². The van der Waals surface area contributed by atoms with Gasteiger partial charge in [-0.05, 0) is 77.0 Å². The van der Waals surface area contributed by atoms with E-state index in [1.54, 1.807) is 0 Å². The highest BCUT2D eigenvalue weighted by Crippen LogP contribution is 2.25. The summed E-state index contributed by atoms with van der Waals surface area (Å²) in [6.45, 7) is 8.17. The maximum atomic E-state index is 12.6. The van der Waals surface area contributed by atoms with Crippen LogP contribution in [0.4, 0.5) is 0 Å². The molecule has 0 aromatic rings. The molecule has 0 aromatic heterocycles. The van der Waals surface area contributed by atoms with Gasteiger partial charge in [0.05, 0.1) is 0 Å². The Balaban J connectivity index is 1.38. The first-order valence-corrected chi connectivity index (χ1v) is 11.5. The lowest BCUT2D eigenvalue weighted by Crippen LogP contribution is -2.51. The first-order valence-electron chi connectivity index (χ1n) is 11.5. The molecular formula is C22H41N3O. The molecule has 0 radical (unpaired) electrons. The second-order valence-electron chi connectivity index (χ2n) is 9.04. The number of carbonyl (C=O) groups is 1. The van der Waals surface area contributed by atoms with Crippen molar-refractivity contribution in [3.8, 4) is 0 Å². The number of likely N-dealkylation sites (tertiary alicyclic amines) is 2. The number of hydrogen-bond donors (Lipinski definition) is 1. The molecule has 2 heterocycles. The molecule has 150 valence electrons. The minimum atomic E-state index is 0.312. The van der Waals surface area contributed by atoms with Crippen LogP contribution < -0.4 is 5.32 Å². The highest BCUT2D eigenvalue weighted by Gasteiger charge is 2.28. The Bertz CT molecular complexity index is 412. The predicted octanol–water partition coefficient (Wildman–Crippen LogP) is 3.80. The Labute approximate surface area is 161 Å². The number of nitrogens with one attached hydrogen (secondary N) is 1. The smallest absolute Gasteiger partial charge is 0.220 e. The molecular weight excluding hydrogens is 322 g/mol. The number of piperidine rings is 2. The molecule has 1 atom stereocenters. The third-order valence-electron chi connectivity index (χ3n) is 6.88. The number of hydrogen-bond acceptors (Lipinski definition) is 3. The summed E-state index contributed by atoms with van der Waals surface area (Å²) in [6.07, 6.45) is 15.2. The summed E-state index contributed by atoms with van der Waals surface area (Å²) in [5.74, 6) is 0.913. The van der Waals surface area contributed by atoms with Crippen LogP contribution in [0.1, 0.15) is 84.0 Å². The van der Waals surface area contributed by atoms with Crippen LogP contribution in [0.2, 0.25) is 0 Å². The van der Waals surface area contributed by atoms with Crippen LogP contribution in [0, 0.1) is 5.92 Å². The van der Waals surface area contributed by atoms with Crippen LogP contribution in [0.15, 0.2) is 0 Å². The van der Waals surface area contributed by atoms with E-state index in [2.05, 4.69) is 22.0 Å². The lowest BCUT2D eigenvalue weighted by atomic mass is 9.92. The fourth-order valence-electron chi connectivity index (χ4n) is 5.36. The first kappa shape index (κ1) is 20.1. The monoisotopic (exact) mass is 363 g/mol. The maximum Gasteiger partial charge on any atom is 0.220 e. The zero-order valence-corrected chi connectivity index (χ0v) is 17.1. The van der Waals surface area contributed by atoms with Crippen LogP contribution in [-0.2, 0) is 4.79 Å². The molecule has 3 fully saturated rings. The molecule has 0 bridgehead atoms. The fourth-order valence-corrected chi connectivity index (χ4v) is 5.36. The molecule has 0 spiro atoms. The second-order valence-corrected chi connectivity index (χ2v) is 9.04. The number of rotatable bonds is 6. The van der Waals surface area contributed by atoms with Crippen LogP contribution in [0.25, 0.3) is 0 Å². The van der Waals surface area contributed by atoms with Gasteiger partial charge in [0.25, 0.3) is 0 Å². The normalized spacial score (nSPS) is 28.0. The molecule has 1 aliphatic carbocycles. The van der Waals surface area contributed by atoms with Gasteiger partial charge in [-0.1, -0.05) is 32.6 Å². The van der Waals surface area contributed by atoms with Gasteiger partial charge in [0.1, 0.15) is 0 Å². The van der Waals surface area contributed by atoms with Gasteiger partial charge in [-0.15, -0.1) is 0 Å². The molecule has 0 aromatic carbocycles. The zero-order valence-electron chi connectivity index (χ0n) is 17.1. The fraction of sp³-hybridized carbons (Fsp3) is 0.955. The Hall–Kier alpha value is -0.610. The maximum absolute atomic E-state index is 12.6. The number of nitrogens with zero attached hydrogens (tertiary/aromatic N) is 2. The number of amides is 1. The Morgan fingerprint density at radius 3 is 2.35 bits per heavy atom. The summed E-state index contributed by atoms with van der Waals surface area (Å²) in [7, 11) is 0. The van der Waals surface area contributed by atoms with Crippen LogP contribution in [0.5, 0.6) is 0 Å². The quantitative estimate of drug-likeness (QED) is 0.729. The average Bonchev–Trinajstić information content (AvgIpc) is 2.93. The van der Waals surface area contributed by atoms with Crippen molar-refractivity contribution in [1.29, 1.82) is 0 Å². The third-order valence-corrected chi connectivity index (χ3v) is 6.88. The lowest BCUT2D eigenvalue weighted by molar-refractivity contribution is -0.123. The van der Waals surface area contributed by atoms with E-state index in [4.69, 9.17) is 0 Å². The van der Waals surface area contributed by atoms with Crippen molar-refractivity contribution in [3.63, 3.8) is 0 Å². The van der Waals surface area contributed by atoms with Crippen LogP contribution in [0.3, 0.4) is 0 Å². The van der Waals surface area contributed by atoms with Gasteiger partial charge in [-0.25, -0.2) is 0 Å². The van der Waals surface area contributed by atoms with E-state index in [9.17, 15) is 4.79 Å². The van der Waals surface area contributed by atoms with Crippen molar-refractivity contribution in [2.24, 2.45) is 5.92 Å². The van der Waals surface area contributed by atoms with Crippen molar-refractivity contribution in [3.05, 3.63) is 0 Å². The van der Waals surface area contributed by atoms with Gasteiger partial charge in [0.2, 0.25) is 5.91 Å². The zero-order chi connectivity index (χ0) is 18.2. The molecule has 2 saturated heterocycles. The van der Waals surface area contributed by atoms with E-state index in [1.165, 1.54) is 96.8 Å². The Morgan fingerprint density at radius 2 is 1.65 bits per heavy atom. The van der Waals surface area contributed by atoms with Gasteiger partial charge in [-0.2, -0.15) is 0 Å². The second kappa shape index (κ2) is 10.7. The van der Waals surface area contributed by atoms with E-state index in [-0.39, 0.29) is 0 Å². The molecule has 2 aliphatic heterocycles. The molecule has 3 aliphatic rings. The van der Waals surface area contributed by atoms with Gasteiger partial charge >= 0.3 is 0 Å². The first-order chi connectivity index (χ1) is 12.7. The van der Waals surface area contributed by atoms with E-state index in [0.29, 0.717) is 17.9 Å². The van der Waals surface area contributed by atoms with E-state index in [1.807, 2.05) is 0 Å². The molecule has 4 nitrogen and oxygen atoms in total. The van der Waals surface area contributed by atoms with E-state index >= 15 is 0 Å². The third kappa shape index (κ3) is 6.23. The van der Waals surface area contributed by atoms with Gasteiger partial charge in [0, 0.05) is 25.0 Å². The highest BCUT2D eigenvalue weighted by molar-refractivity contribution is 5.76.